The van der Waals surface area contributed by atoms with Gasteiger partial charge in [0.2, 0.25) is 0 Å². The smallest absolute Gasteiger partial charge is 0.255 e. The number of rotatable bonds is 7. The highest BCUT2D eigenvalue weighted by molar-refractivity contribution is 6.14. The van der Waals surface area contributed by atoms with E-state index in [4.69, 9.17) is 9.84 Å². The van der Waals surface area contributed by atoms with Crippen LogP contribution in [0.5, 0.6) is 11.5 Å². The fraction of sp³-hybridized carbons (Fsp3) is 0.0612. The molecule has 0 fully saturated rings. The van der Waals surface area contributed by atoms with E-state index in [0.29, 0.717) is 0 Å². The number of benzene rings is 7. The van der Waals surface area contributed by atoms with E-state index in [2.05, 4.69) is 168 Å². The van der Waals surface area contributed by atoms with E-state index >= 15 is 0 Å². The molecule has 0 aliphatic rings. The number of imidazole rings is 1. The molecule has 55 heavy (non-hydrogen) atoms. The van der Waals surface area contributed by atoms with Gasteiger partial charge >= 0.3 is 0 Å². The van der Waals surface area contributed by atoms with Gasteiger partial charge in [0.25, 0.3) is 6.33 Å². The molecule has 0 radical (unpaired) electrons. The summed E-state index contributed by atoms with van der Waals surface area (Å²) < 4.78 is 15.8. The minimum absolute atomic E-state index is 0.722. The van der Waals surface area contributed by atoms with Gasteiger partial charge in [-0.05, 0) is 79.9 Å². The highest BCUT2D eigenvalue weighted by Gasteiger charge is 2.26. The van der Waals surface area contributed by atoms with E-state index in [9.17, 15) is 0 Å². The number of hydrogen-bond donors (Lipinski definition) is 0. The molecule has 0 amide bonds. The lowest BCUT2D eigenvalue weighted by atomic mass is 10.0. The standard InChI is InChI=1S/C49H38N5O/c1-33-25-34(2)49(35(3)26-33)52-32-51(44-23-12-13-24-45(44)52)46-28-41(29-47-48(46)42-21-10-11-22-43(42)54(47)38-17-8-5-9-18-38)55-40-20-14-19-39(27-40)53-31-37(30-50-53)36-15-6-4-7-16-36/h4-32H,1-3H3/q+1. The van der Waals surface area contributed by atoms with Gasteiger partial charge in [-0.15, -0.1) is 0 Å². The molecular formula is C49H38N5O+. The summed E-state index contributed by atoms with van der Waals surface area (Å²) in [5, 5.41) is 7.02. The average molecular weight is 713 g/mol. The SMILES string of the molecule is Cc1cc(C)c(-[n+]2cn(-c3cc(Oc4cccc(-n5cc(-c6ccccc6)cn5)c4)cc4c3c3ccccc3n4-c3ccccc3)c3ccccc32)c(C)c1. The Morgan fingerprint density at radius 2 is 1.25 bits per heavy atom. The number of hydrogen-bond acceptors (Lipinski definition) is 2. The summed E-state index contributed by atoms with van der Waals surface area (Å²) in [7, 11) is 0. The number of nitrogens with zero attached hydrogens (tertiary/aromatic N) is 5. The second-order valence-corrected chi connectivity index (χ2v) is 14.3. The summed E-state index contributed by atoms with van der Waals surface area (Å²) in [5.41, 5.74) is 14.6. The molecule has 0 aliphatic carbocycles. The summed E-state index contributed by atoms with van der Waals surface area (Å²) in [6.07, 6.45) is 6.20. The Morgan fingerprint density at radius 1 is 0.564 bits per heavy atom. The van der Waals surface area contributed by atoms with Gasteiger partial charge in [0.05, 0.1) is 28.3 Å². The van der Waals surface area contributed by atoms with Crippen LogP contribution in [-0.2, 0) is 0 Å². The molecule has 0 unspecified atom stereocenters. The van der Waals surface area contributed by atoms with Crippen LogP contribution in [0.15, 0.2) is 176 Å². The molecule has 7 aromatic carbocycles. The molecule has 0 atom stereocenters. The van der Waals surface area contributed by atoms with Crippen molar-refractivity contribution in [3.8, 4) is 45.4 Å². The first-order valence-corrected chi connectivity index (χ1v) is 18.6. The fourth-order valence-electron chi connectivity index (χ4n) is 8.26. The third kappa shape index (κ3) is 5.58. The van der Waals surface area contributed by atoms with Crippen LogP contribution >= 0.6 is 0 Å². The van der Waals surface area contributed by atoms with E-state index in [1.165, 1.54) is 27.8 Å². The van der Waals surface area contributed by atoms with E-state index < -0.39 is 0 Å². The van der Waals surface area contributed by atoms with Crippen LogP contribution in [0.4, 0.5) is 0 Å². The third-order valence-corrected chi connectivity index (χ3v) is 10.5. The molecule has 0 spiro atoms. The Morgan fingerprint density at radius 3 is 2.05 bits per heavy atom. The van der Waals surface area contributed by atoms with Crippen LogP contribution in [0.2, 0.25) is 0 Å². The monoisotopic (exact) mass is 712 g/mol. The topological polar surface area (TPSA) is 40.8 Å². The van der Waals surface area contributed by atoms with Crippen molar-refractivity contribution in [3.05, 3.63) is 193 Å². The number of para-hydroxylation sites is 4. The molecule has 0 N–H and O–H groups in total. The van der Waals surface area contributed by atoms with E-state index in [0.717, 1.165) is 67.1 Å². The summed E-state index contributed by atoms with van der Waals surface area (Å²) in [5.74, 6) is 1.46. The molecule has 0 aliphatic heterocycles. The van der Waals surface area contributed by atoms with Crippen molar-refractivity contribution < 1.29 is 9.30 Å². The molecule has 0 bridgehead atoms. The van der Waals surface area contributed by atoms with Crippen molar-refractivity contribution in [2.45, 2.75) is 20.8 Å². The summed E-state index contributed by atoms with van der Waals surface area (Å²) in [4.78, 5) is 0. The molecule has 10 aromatic rings. The van der Waals surface area contributed by atoms with Crippen LogP contribution in [0.25, 0.3) is 66.7 Å². The highest BCUT2D eigenvalue weighted by atomic mass is 16.5. The maximum absolute atomic E-state index is 6.87. The largest absolute Gasteiger partial charge is 0.457 e. The predicted octanol–water partition coefficient (Wildman–Crippen LogP) is 11.6. The molecule has 0 saturated carbocycles. The maximum Gasteiger partial charge on any atom is 0.255 e. The Bertz CT molecular complexity index is 3020. The lowest BCUT2D eigenvalue weighted by molar-refractivity contribution is -0.568. The molecular weight excluding hydrogens is 675 g/mol. The van der Waals surface area contributed by atoms with Gasteiger partial charge in [-0.25, -0.2) is 4.68 Å². The maximum atomic E-state index is 6.87. The first kappa shape index (κ1) is 32.5. The zero-order valence-electron chi connectivity index (χ0n) is 30.9. The Labute approximate surface area is 319 Å². The zero-order chi connectivity index (χ0) is 37.0. The predicted molar refractivity (Wildman–Crippen MR) is 222 cm³/mol. The molecule has 6 nitrogen and oxygen atoms in total. The van der Waals surface area contributed by atoms with Crippen molar-refractivity contribution >= 4 is 32.8 Å². The second-order valence-electron chi connectivity index (χ2n) is 14.3. The molecule has 10 rings (SSSR count). The molecule has 6 heteroatoms. The lowest BCUT2D eigenvalue weighted by Gasteiger charge is -2.12. The van der Waals surface area contributed by atoms with Gasteiger partial charge in [-0.3, -0.25) is 0 Å². The number of fused-ring (bicyclic) bond motifs is 4. The first-order chi connectivity index (χ1) is 27.0. The van der Waals surface area contributed by atoms with Gasteiger partial charge < -0.3 is 9.30 Å². The minimum Gasteiger partial charge on any atom is -0.457 e. The van der Waals surface area contributed by atoms with Gasteiger partial charge in [0, 0.05) is 41.0 Å². The summed E-state index contributed by atoms with van der Waals surface area (Å²) in [6, 6.07) is 55.2. The molecule has 3 heterocycles. The van der Waals surface area contributed by atoms with Crippen LogP contribution in [0, 0.1) is 20.8 Å². The third-order valence-electron chi connectivity index (χ3n) is 10.5. The Hall–Kier alpha value is -7.18. The van der Waals surface area contributed by atoms with E-state index in [-0.39, 0.29) is 0 Å². The Balaban J connectivity index is 1.19. The molecule has 0 saturated heterocycles. The quantitative estimate of drug-likeness (QED) is 0.154. The van der Waals surface area contributed by atoms with Crippen molar-refractivity contribution in [2.75, 3.05) is 0 Å². The summed E-state index contributed by atoms with van der Waals surface area (Å²) >= 11 is 0. The zero-order valence-corrected chi connectivity index (χ0v) is 30.9. The van der Waals surface area contributed by atoms with Crippen molar-refractivity contribution in [1.29, 1.82) is 0 Å². The van der Waals surface area contributed by atoms with Crippen molar-refractivity contribution in [1.82, 2.24) is 18.9 Å². The average Bonchev–Trinajstić information content (AvgIpc) is 3.94. The second kappa shape index (κ2) is 13.0. The number of ether oxygens (including phenoxy) is 1. The highest BCUT2D eigenvalue weighted by Crippen LogP contribution is 2.40. The molecule has 3 aromatic heterocycles. The van der Waals surface area contributed by atoms with Gasteiger partial charge in [-0.1, -0.05) is 103 Å². The fourth-order valence-corrected chi connectivity index (χ4v) is 8.26. The van der Waals surface area contributed by atoms with Crippen molar-refractivity contribution in [2.24, 2.45) is 0 Å². The van der Waals surface area contributed by atoms with Gasteiger partial charge in [0.15, 0.2) is 11.0 Å². The number of aryl methyl sites for hydroxylation is 3. The first-order valence-electron chi connectivity index (χ1n) is 18.6. The lowest BCUT2D eigenvalue weighted by Crippen LogP contribution is -2.31. The van der Waals surface area contributed by atoms with Gasteiger partial charge in [0.1, 0.15) is 22.9 Å². The summed E-state index contributed by atoms with van der Waals surface area (Å²) in [6.45, 7) is 6.57. The molecule has 264 valence electrons. The van der Waals surface area contributed by atoms with Gasteiger partial charge in [-0.2, -0.15) is 14.2 Å². The normalized spacial score (nSPS) is 11.5. The minimum atomic E-state index is 0.722. The Kier molecular flexibility index (Phi) is 7.70. The van der Waals surface area contributed by atoms with E-state index in [1.807, 2.05) is 47.3 Å². The number of aromatic nitrogens is 5. The van der Waals surface area contributed by atoms with Crippen LogP contribution in [0.3, 0.4) is 0 Å². The van der Waals surface area contributed by atoms with Crippen LogP contribution < -0.4 is 9.30 Å². The van der Waals surface area contributed by atoms with E-state index in [1.54, 1.807) is 0 Å². The van der Waals surface area contributed by atoms with Crippen LogP contribution in [0.1, 0.15) is 16.7 Å². The van der Waals surface area contributed by atoms with Crippen molar-refractivity contribution in [3.63, 3.8) is 0 Å². The van der Waals surface area contributed by atoms with Crippen LogP contribution in [-0.4, -0.2) is 18.9 Å².